The molecule has 4 nitrogen and oxygen atoms in total. The van der Waals surface area contributed by atoms with Crippen LogP contribution in [0.2, 0.25) is 5.28 Å². The van der Waals surface area contributed by atoms with E-state index in [0.29, 0.717) is 18.8 Å². The summed E-state index contributed by atoms with van der Waals surface area (Å²) >= 11 is 5.81. The second-order valence-corrected chi connectivity index (χ2v) is 5.44. The molecule has 1 saturated carbocycles. The van der Waals surface area contributed by atoms with Crippen molar-refractivity contribution in [3.63, 3.8) is 0 Å². The molecule has 1 fully saturated rings. The zero-order valence-corrected chi connectivity index (χ0v) is 11.2. The highest BCUT2D eigenvalue weighted by Gasteiger charge is 2.41. The monoisotopic (exact) mass is 272 g/mol. The molecule has 0 unspecified atom stereocenters. The van der Waals surface area contributed by atoms with Crippen molar-refractivity contribution >= 4 is 17.4 Å². The number of halogens is 2. The third-order valence-electron chi connectivity index (χ3n) is 3.44. The molecule has 100 valence electrons. The van der Waals surface area contributed by atoms with E-state index in [2.05, 4.69) is 22.2 Å². The molecule has 18 heavy (non-hydrogen) atoms. The van der Waals surface area contributed by atoms with Gasteiger partial charge in [-0.3, -0.25) is 4.39 Å². The van der Waals surface area contributed by atoms with Crippen LogP contribution in [0.15, 0.2) is 6.20 Å². The lowest BCUT2D eigenvalue weighted by Gasteiger charge is -2.44. The Morgan fingerprint density at radius 3 is 2.94 bits per heavy atom. The molecule has 1 heterocycles. The van der Waals surface area contributed by atoms with Gasteiger partial charge in [-0.15, -0.1) is 0 Å². The predicted octanol–water partition coefficient (Wildman–Crippen LogP) is 2.28. The Kier molecular flexibility index (Phi) is 4.02. The van der Waals surface area contributed by atoms with Crippen LogP contribution in [0.3, 0.4) is 0 Å². The molecule has 0 bridgehead atoms. The van der Waals surface area contributed by atoms with Gasteiger partial charge in [0.2, 0.25) is 5.28 Å². The van der Waals surface area contributed by atoms with Gasteiger partial charge in [-0.05, 0) is 30.9 Å². The van der Waals surface area contributed by atoms with Gasteiger partial charge in [-0.25, -0.2) is 9.97 Å². The van der Waals surface area contributed by atoms with Crippen LogP contribution in [0.5, 0.6) is 0 Å². The van der Waals surface area contributed by atoms with Gasteiger partial charge in [-0.2, -0.15) is 0 Å². The number of rotatable bonds is 5. The second kappa shape index (κ2) is 5.36. The van der Waals surface area contributed by atoms with Gasteiger partial charge in [-0.1, -0.05) is 6.92 Å². The van der Waals surface area contributed by atoms with Crippen LogP contribution in [0.25, 0.3) is 0 Å². The number of aromatic nitrogens is 2. The first kappa shape index (κ1) is 13.5. The number of anilines is 1. The summed E-state index contributed by atoms with van der Waals surface area (Å²) in [6.07, 6.45) is 4.03. The molecule has 1 aliphatic carbocycles. The number of nitrogens with two attached hydrogens (primary N) is 1. The molecule has 0 atom stereocenters. The van der Waals surface area contributed by atoms with Gasteiger partial charge in [0, 0.05) is 29.8 Å². The Morgan fingerprint density at radius 2 is 2.33 bits per heavy atom. The van der Waals surface area contributed by atoms with Crippen LogP contribution in [0.1, 0.15) is 31.7 Å². The fourth-order valence-corrected chi connectivity index (χ4v) is 2.66. The van der Waals surface area contributed by atoms with Gasteiger partial charge in [0.25, 0.3) is 0 Å². The van der Waals surface area contributed by atoms with Crippen LogP contribution in [-0.2, 0) is 5.41 Å². The fourth-order valence-electron chi connectivity index (χ4n) is 2.53. The summed E-state index contributed by atoms with van der Waals surface area (Å²) < 4.78 is 12.1. The quantitative estimate of drug-likeness (QED) is 0.638. The number of hydrogen-bond acceptors (Lipinski definition) is 4. The number of hydrogen-bond donors (Lipinski definition) is 2. The Hall–Kier alpha value is -0.940. The minimum atomic E-state index is -0.344. The minimum absolute atomic E-state index is 0.00204. The standard InChI is InChI=1S/C12H18ClFN4/c1-12(5-8(15)6-12)9-7-17-11(13)18-10(9)16-4-2-3-14/h7-8H,2-6,15H2,1H3,(H,16,17,18). The highest BCUT2D eigenvalue weighted by atomic mass is 35.5. The molecular weight excluding hydrogens is 255 g/mol. The lowest BCUT2D eigenvalue weighted by atomic mass is 9.63. The van der Waals surface area contributed by atoms with E-state index in [-0.39, 0.29) is 23.4 Å². The van der Waals surface area contributed by atoms with Crippen LogP contribution in [-0.4, -0.2) is 29.2 Å². The summed E-state index contributed by atoms with van der Waals surface area (Å²) in [5.74, 6) is 0.706. The van der Waals surface area contributed by atoms with Crippen molar-refractivity contribution in [1.82, 2.24) is 9.97 Å². The van der Waals surface area contributed by atoms with Crippen molar-refractivity contribution in [2.24, 2.45) is 5.73 Å². The number of alkyl halides is 1. The smallest absolute Gasteiger partial charge is 0.224 e. The van der Waals surface area contributed by atoms with E-state index >= 15 is 0 Å². The Morgan fingerprint density at radius 1 is 1.61 bits per heavy atom. The highest BCUT2D eigenvalue weighted by Crippen LogP contribution is 2.44. The van der Waals surface area contributed by atoms with Gasteiger partial charge >= 0.3 is 0 Å². The summed E-state index contributed by atoms with van der Waals surface area (Å²) in [6, 6.07) is 0.240. The van der Waals surface area contributed by atoms with Crippen molar-refractivity contribution in [2.45, 2.75) is 37.6 Å². The minimum Gasteiger partial charge on any atom is -0.370 e. The maximum Gasteiger partial charge on any atom is 0.224 e. The molecule has 0 aliphatic heterocycles. The predicted molar refractivity (Wildman–Crippen MR) is 70.7 cm³/mol. The topological polar surface area (TPSA) is 63.8 Å². The average molecular weight is 273 g/mol. The summed E-state index contributed by atoms with van der Waals surface area (Å²) in [5, 5.41) is 3.33. The fraction of sp³-hybridized carbons (Fsp3) is 0.667. The SMILES string of the molecule is CC1(c2cnc(Cl)nc2NCCCF)CC(N)C1. The molecule has 1 aliphatic rings. The molecule has 3 N–H and O–H groups in total. The largest absolute Gasteiger partial charge is 0.370 e. The molecule has 1 aromatic rings. The van der Waals surface area contributed by atoms with Gasteiger partial charge in [0.05, 0.1) is 6.67 Å². The van der Waals surface area contributed by atoms with E-state index in [9.17, 15) is 4.39 Å². The molecular formula is C12H18ClFN4. The number of nitrogens with zero attached hydrogens (tertiary/aromatic N) is 2. The van der Waals surface area contributed by atoms with Crippen molar-refractivity contribution < 1.29 is 4.39 Å². The third-order valence-corrected chi connectivity index (χ3v) is 3.62. The van der Waals surface area contributed by atoms with Crippen molar-refractivity contribution in [2.75, 3.05) is 18.5 Å². The maximum absolute atomic E-state index is 12.1. The van der Waals surface area contributed by atoms with Crippen LogP contribution < -0.4 is 11.1 Å². The van der Waals surface area contributed by atoms with E-state index in [1.165, 1.54) is 0 Å². The van der Waals surface area contributed by atoms with Gasteiger partial charge in [0.15, 0.2) is 0 Å². The third kappa shape index (κ3) is 2.72. The normalized spacial score (nSPS) is 26.8. The van der Waals surface area contributed by atoms with E-state index in [1.54, 1.807) is 6.20 Å². The van der Waals surface area contributed by atoms with Crippen molar-refractivity contribution in [3.05, 3.63) is 17.0 Å². The Balaban J connectivity index is 2.18. The molecule has 1 aromatic heterocycles. The summed E-state index contributed by atoms with van der Waals surface area (Å²) in [4.78, 5) is 8.24. The summed E-state index contributed by atoms with van der Waals surface area (Å²) in [6.45, 7) is 2.34. The van der Waals surface area contributed by atoms with Crippen molar-refractivity contribution in [1.29, 1.82) is 0 Å². The van der Waals surface area contributed by atoms with Crippen LogP contribution >= 0.6 is 11.6 Å². The first-order chi connectivity index (χ1) is 8.55. The zero-order chi connectivity index (χ0) is 13.2. The van der Waals surface area contributed by atoms with E-state index in [0.717, 1.165) is 18.4 Å². The van der Waals surface area contributed by atoms with E-state index in [4.69, 9.17) is 17.3 Å². The zero-order valence-electron chi connectivity index (χ0n) is 10.4. The second-order valence-electron chi connectivity index (χ2n) is 5.10. The molecule has 0 amide bonds. The van der Waals surface area contributed by atoms with Crippen molar-refractivity contribution in [3.8, 4) is 0 Å². The molecule has 0 aromatic carbocycles. The van der Waals surface area contributed by atoms with Gasteiger partial charge in [0.1, 0.15) is 5.82 Å². The summed E-state index contributed by atoms with van der Waals surface area (Å²) in [7, 11) is 0. The number of nitrogens with one attached hydrogen (secondary N) is 1. The molecule has 0 spiro atoms. The molecule has 2 rings (SSSR count). The average Bonchev–Trinajstić information content (AvgIpc) is 2.27. The first-order valence-corrected chi connectivity index (χ1v) is 6.51. The van der Waals surface area contributed by atoms with Gasteiger partial charge < -0.3 is 11.1 Å². The molecule has 0 radical (unpaired) electrons. The molecule has 0 saturated heterocycles. The van der Waals surface area contributed by atoms with Crippen LogP contribution in [0, 0.1) is 0 Å². The summed E-state index contributed by atoms with van der Waals surface area (Å²) in [5.41, 5.74) is 6.88. The maximum atomic E-state index is 12.1. The van der Waals surface area contributed by atoms with E-state index < -0.39 is 0 Å². The van der Waals surface area contributed by atoms with Crippen LogP contribution in [0.4, 0.5) is 10.2 Å². The molecule has 6 heteroatoms. The first-order valence-electron chi connectivity index (χ1n) is 6.13. The Bertz CT molecular complexity index is 421. The highest BCUT2D eigenvalue weighted by molar-refractivity contribution is 6.28. The Labute approximate surface area is 111 Å². The lowest BCUT2D eigenvalue weighted by Crippen LogP contribution is -2.47. The van der Waals surface area contributed by atoms with E-state index in [1.807, 2.05) is 0 Å². The lowest BCUT2D eigenvalue weighted by molar-refractivity contribution is 0.227.